The highest BCUT2D eigenvalue weighted by Gasteiger charge is 2.26. The molecule has 7 nitrogen and oxygen atoms in total. The Morgan fingerprint density at radius 1 is 1.29 bits per heavy atom. The van der Waals surface area contributed by atoms with Gasteiger partial charge < -0.3 is 5.32 Å². The molecular formula is C21H17FN4O3S2. The van der Waals surface area contributed by atoms with Crippen LogP contribution in [0.2, 0.25) is 0 Å². The summed E-state index contributed by atoms with van der Waals surface area (Å²) in [6.45, 7) is 1.59. The maximum Gasteiger partial charge on any atom is 0.251 e. The Kier molecular flexibility index (Phi) is 4.63. The molecule has 0 aliphatic heterocycles. The molecule has 3 heterocycles. The van der Waals surface area contributed by atoms with Crippen LogP contribution in [0.5, 0.6) is 0 Å². The van der Waals surface area contributed by atoms with Gasteiger partial charge in [-0.1, -0.05) is 0 Å². The van der Waals surface area contributed by atoms with Crippen LogP contribution in [0, 0.1) is 12.7 Å². The summed E-state index contributed by atoms with van der Waals surface area (Å²) >= 11 is 1.28. The van der Waals surface area contributed by atoms with Gasteiger partial charge in [-0.2, -0.15) is 16.4 Å². The lowest BCUT2D eigenvalue weighted by Gasteiger charge is -2.11. The van der Waals surface area contributed by atoms with Gasteiger partial charge in [-0.25, -0.2) is 12.8 Å². The number of thiophene rings is 1. The van der Waals surface area contributed by atoms with Crippen molar-refractivity contribution in [3.05, 3.63) is 58.2 Å². The second-order valence-corrected chi connectivity index (χ2v) is 10.1. The van der Waals surface area contributed by atoms with Gasteiger partial charge >= 0.3 is 0 Å². The number of rotatable bonds is 5. The van der Waals surface area contributed by atoms with Crippen LogP contribution < -0.4 is 5.32 Å². The SMILES string of the molecule is Cc1c(F)cc(C(=O)NC2CC2)cc1-c1cc2c(S(=O)(=O)c3ccsc3)[nH]nc2cn1. The van der Waals surface area contributed by atoms with Crippen LogP contribution in [0.1, 0.15) is 28.8 Å². The van der Waals surface area contributed by atoms with E-state index in [1.165, 1.54) is 29.7 Å². The van der Waals surface area contributed by atoms with Crippen LogP contribution in [-0.4, -0.2) is 35.5 Å². The van der Waals surface area contributed by atoms with Crippen LogP contribution in [0.3, 0.4) is 0 Å². The fourth-order valence-corrected chi connectivity index (χ4v) is 5.72. The summed E-state index contributed by atoms with van der Waals surface area (Å²) in [6, 6.07) is 6.01. The zero-order chi connectivity index (χ0) is 21.8. The third-order valence-corrected chi connectivity index (χ3v) is 7.83. The first-order chi connectivity index (χ1) is 14.8. The largest absolute Gasteiger partial charge is 0.349 e. The standard InChI is InChI=1S/C21H17FN4O3S2/c1-11-15(6-12(7-17(11)22)20(27)24-13-2-3-13)18-8-16-19(9-23-18)25-26-21(16)31(28,29)14-4-5-30-10-14/h4-10,13H,2-3H2,1H3,(H,24,27)(H,25,26). The zero-order valence-electron chi connectivity index (χ0n) is 16.3. The molecule has 0 spiro atoms. The highest BCUT2D eigenvalue weighted by Crippen LogP contribution is 2.32. The van der Waals surface area contributed by atoms with Crippen molar-refractivity contribution in [2.75, 3.05) is 0 Å². The van der Waals surface area contributed by atoms with Crippen molar-refractivity contribution < 1.29 is 17.6 Å². The summed E-state index contributed by atoms with van der Waals surface area (Å²) < 4.78 is 40.6. The number of carbonyl (C=O) groups excluding carboxylic acids is 1. The number of benzene rings is 1. The van der Waals surface area contributed by atoms with Crippen molar-refractivity contribution >= 4 is 38.0 Å². The predicted molar refractivity (Wildman–Crippen MR) is 114 cm³/mol. The number of fused-ring (bicyclic) bond motifs is 1. The topological polar surface area (TPSA) is 105 Å². The number of hydrogen-bond donors (Lipinski definition) is 2. The monoisotopic (exact) mass is 456 g/mol. The molecule has 31 heavy (non-hydrogen) atoms. The van der Waals surface area contributed by atoms with Gasteiger partial charge in [0.25, 0.3) is 5.91 Å². The number of amides is 1. The molecule has 2 N–H and O–H groups in total. The molecule has 0 radical (unpaired) electrons. The lowest BCUT2D eigenvalue weighted by Crippen LogP contribution is -2.25. The Bertz CT molecular complexity index is 1420. The highest BCUT2D eigenvalue weighted by atomic mass is 32.2. The van der Waals surface area contributed by atoms with Gasteiger partial charge in [-0.3, -0.25) is 14.9 Å². The highest BCUT2D eigenvalue weighted by molar-refractivity contribution is 7.91. The second-order valence-electron chi connectivity index (χ2n) is 7.48. The average Bonchev–Trinajstić information content (AvgIpc) is 3.21. The van der Waals surface area contributed by atoms with Crippen LogP contribution in [0.4, 0.5) is 4.39 Å². The van der Waals surface area contributed by atoms with Crippen molar-refractivity contribution in [3.63, 3.8) is 0 Å². The van der Waals surface area contributed by atoms with Gasteiger partial charge in [0.15, 0.2) is 5.03 Å². The van der Waals surface area contributed by atoms with E-state index in [1.807, 2.05) is 0 Å². The normalized spacial score (nSPS) is 14.1. The molecule has 1 aromatic carbocycles. The van der Waals surface area contributed by atoms with Gasteiger partial charge in [0.1, 0.15) is 11.3 Å². The van der Waals surface area contributed by atoms with Gasteiger partial charge in [0.2, 0.25) is 9.84 Å². The van der Waals surface area contributed by atoms with E-state index in [4.69, 9.17) is 0 Å². The molecule has 10 heteroatoms. The van der Waals surface area contributed by atoms with Gasteiger partial charge in [0, 0.05) is 27.9 Å². The summed E-state index contributed by atoms with van der Waals surface area (Å²) in [5.74, 6) is -0.869. The maximum absolute atomic E-state index is 14.6. The number of H-pyrrole nitrogens is 1. The smallest absolute Gasteiger partial charge is 0.251 e. The molecule has 0 unspecified atom stereocenters. The van der Waals surface area contributed by atoms with E-state index in [1.54, 1.807) is 29.8 Å². The Morgan fingerprint density at radius 3 is 2.81 bits per heavy atom. The molecule has 1 aliphatic carbocycles. The van der Waals surface area contributed by atoms with Crippen molar-refractivity contribution in [2.45, 2.75) is 35.7 Å². The molecule has 0 saturated heterocycles. The molecule has 4 aromatic rings. The van der Waals surface area contributed by atoms with E-state index in [-0.39, 0.29) is 27.4 Å². The average molecular weight is 457 g/mol. The minimum atomic E-state index is -3.80. The van der Waals surface area contributed by atoms with E-state index in [2.05, 4.69) is 20.5 Å². The van der Waals surface area contributed by atoms with Gasteiger partial charge in [-0.15, -0.1) is 0 Å². The Balaban J connectivity index is 1.63. The third kappa shape index (κ3) is 3.51. The molecule has 3 aromatic heterocycles. The summed E-state index contributed by atoms with van der Waals surface area (Å²) in [6.07, 6.45) is 3.28. The number of pyridine rings is 1. The van der Waals surface area contributed by atoms with Crippen molar-refractivity contribution in [1.29, 1.82) is 0 Å². The fourth-order valence-electron chi connectivity index (χ4n) is 3.34. The van der Waals surface area contributed by atoms with Crippen molar-refractivity contribution in [3.8, 4) is 11.3 Å². The number of hydrogen-bond acceptors (Lipinski definition) is 6. The van der Waals surface area contributed by atoms with Gasteiger partial charge in [0.05, 0.1) is 16.8 Å². The molecule has 5 rings (SSSR count). The van der Waals surface area contributed by atoms with Crippen LogP contribution in [-0.2, 0) is 9.84 Å². The first kappa shape index (κ1) is 19.8. The summed E-state index contributed by atoms with van der Waals surface area (Å²) in [7, 11) is -3.80. The lowest BCUT2D eigenvalue weighted by molar-refractivity contribution is 0.0950. The minimum Gasteiger partial charge on any atom is -0.349 e. The van der Waals surface area contributed by atoms with Crippen molar-refractivity contribution in [1.82, 2.24) is 20.5 Å². The zero-order valence-corrected chi connectivity index (χ0v) is 18.0. The maximum atomic E-state index is 14.6. The Hall–Kier alpha value is -3.11. The first-order valence-corrected chi connectivity index (χ1v) is 12.0. The summed E-state index contributed by atoms with van der Waals surface area (Å²) in [5.41, 5.74) is 1.67. The Morgan fingerprint density at radius 2 is 2.10 bits per heavy atom. The first-order valence-electron chi connectivity index (χ1n) is 9.57. The number of sulfone groups is 1. The molecule has 0 bridgehead atoms. The molecule has 1 fully saturated rings. The van der Waals surface area contributed by atoms with E-state index in [9.17, 15) is 17.6 Å². The second kappa shape index (κ2) is 7.24. The van der Waals surface area contributed by atoms with Crippen LogP contribution >= 0.6 is 11.3 Å². The summed E-state index contributed by atoms with van der Waals surface area (Å²) in [5, 5.41) is 13.0. The number of halogens is 1. The van der Waals surface area contributed by atoms with Gasteiger partial charge in [-0.05, 0) is 55.0 Å². The fraction of sp³-hybridized carbons (Fsp3) is 0.190. The molecular weight excluding hydrogens is 439 g/mol. The molecule has 1 amide bonds. The number of nitrogens with zero attached hydrogens (tertiary/aromatic N) is 2. The van der Waals surface area contributed by atoms with E-state index in [0.717, 1.165) is 12.8 Å². The molecule has 1 aliphatic rings. The third-order valence-electron chi connectivity index (χ3n) is 5.27. The molecule has 1 saturated carbocycles. The van der Waals surface area contributed by atoms with E-state index < -0.39 is 15.7 Å². The van der Waals surface area contributed by atoms with E-state index in [0.29, 0.717) is 27.7 Å². The number of aromatic nitrogens is 3. The predicted octanol–water partition coefficient (Wildman–Crippen LogP) is 3.86. The Labute approximate surface area is 181 Å². The number of nitrogens with one attached hydrogen (secondary N) is 2. The molecule has 0 atom stereocenters. The lowest BCUT2D eigenvalue weighted by atomic mass is 10.00. The quantitative estimate of drug-likeness (QED) is 0.475. The van der Waals surface area contributed by atoms with E-state index >= 15 is 0 Å². The van der Waals surface area contributed by atoms with Crippen molar-refractivity contribution in [2.24, 2.45) is 0 Å². The van der Waals surface area contributed by atoms with Crippen LogP contribution in [0.15, 0.2) is 51.1 Å². The number of carbonyl (C=O) groups is 1. The minimum absolute atomic E-state index is 0.0506. The summed E-state index contributed by atoms with van der Waals surface area (Å²) in [4.78, 5) is 16.9. The molecule has 158 valence electrons. The number of aromatic amines is 1. The van der Waals surface area contributed by atoms with Crippen LogP contribution in [0.25, 0.3) is 22.2 Å².